The van der Waals surface area contributed by atoms with Gasteiger partial charge < -0.3 is 20.7 Å². The number of aryl methyl sites for hydroxylation is 2. The monoisotopic (exact) mass is 624 g/mol. The van der Waals surface area contributed by atoms with E-state index in [1.165, 1.54) is 6.33 Å². The molecule has 3 N–H and O–H groups in total. The molecule has 3 heterocycles. The lowest BCUT2D eigenvalue weighted by atomic mass is 10.1. The summed E-state index contributed by atoms with van der Waals surface area (Å²) in [5.74, 6) is 1.87. The summed E-state index contributed by atoms with van der Waals surface area (Å²) in [6.45, 7) is 9.06. The first kappa shape index (κ1) is 28.0. The Morgan fingerprint density at radius 1 is 1.07 bits per heavy atom. The normalized spacial score (nSPS) is 13.7. The van der Waals surface area contributed by atoms with E-state index in [0.29, 0.717) is 26.6 Å². The average Bonchev–Trinajstić information content (AvgIpc) is 3.32. The van der Waals surface area contributed by atoms with Crippen LogP contribution < -0.4 is 16.0 Å². The van der Waals surface area contributed by atoms with Crippen LogP contribution in [0.1, 0.15) is 21.6 Å². The van der Waals surface area contributed by atoms with Crippen LogP contribution in [0.3, 0.4) is 0 Å². The summed E-state index contributed by atoms with van der Waals surface area (Å²) in [6.07, 6.45) is 1.53. The third kappa shape index (κ3) is 6.97. The van der Waals surface area contributed by atoms with Crippen molar-refractivity contribution in [3.63, 3.8) is 0 Å². The molecule has 1 aliphatic heterocycles. The van der Waals surface area contributed by atoms with Gasteiger partial charge in [0.15, 0.2) is 5.82 Å². The summed E-state index contributed by atoms with van der Waals surface area (Å²) in [4.78, 5) is 24.0. The van der Waals surface area contributed by atoms with Crippen LogP contribution in [-0.4, -0.2) is 69.9 Å². The quantitative estimate of drug-likeness (QED) is 0.226. The lowest BCUT2D eigenvalue weighted by Crippen LogP contribution is -2.39. The van der Waals surface area contributed by atoms with Crippen LogP contribution in [-0.2, 0) is 4.74 Å². The minimum absolute atomic E-state index is 0.234. The molecule has 0 radical (unpaired) electrons. The fourth-order valence-corrected chi connectivity index (χ4v) is 4.80. The second-order valence-electron chi connectivity index (χ2n) is 9.46. The van der Waals surface area contributed by atoms with Crippen molar-refractivity contribution < 1.29 is 9.53 Å². The van der Waals surface area contributed by atoms with Crippen LogP contribution in [0, 0.1) is 13.8 Å². The number of carbonyl (C=O) groups excluding carboxylic acids is 1. The van der Waals surface area contributed by atoms with Gasteiger partial charge in [-0.1, -0.05) is 17.7 Å². The molecule has 2 aromatic carbocycles. The highest BCUT2D eigenvalue weighted by molar-refractivity contribution is 9.10. The number of ether oxygens (including phenoxy) is 1. The standard InChI is InChI=1S/C28H30BrClN8O2/c1-18-3-5-21(34-28(39)20-4-6-23(30)22(29)14-20)15-24(18)35-27-13-19(2)36-38(27)26-16-25(32-17-33-26)31-7-8-37-9-11-40-12-10-37/h3-6,13-17,35H,7-12H2,1-2H3,(H,34,39)(H,31,32,33). The number of nitrogens with zero attached hydrogens (tertiary/aromatic N) is 5. The van der Waals surface area contributed by atoms with E-state index < -0.39 is 0 Å². The summed E-state index contributed by atoms with van der Waals surface area (Å²) in [5.41, 5.74) is 3.82. The Morgan fingerprint density at radius 3 is 2.70 bits per heavy atom. The van der Waals surface area contributed by atoms with Crippen LogP contribution in [0.15, 0.2) is 59.3 Å². The fraction of sp³-hybridized carbons (Fsp3) is 0.286. The number of anilines is 4. The third-order valence-electron chi connectivity index (χ3n) is 6.48. The smallest absolute Gasteiger partial charge is 0.255 e. The van der Waals surface area contributed by atoms with Crippen LogP contribution in [0.25, 0.3) is 5.82 Å². The molecule has 0 unspecified atom stereocenters. The molecule has 0 atom stereocenters. The molecule has 12 heteroatoms. The van der Waals surface area contributed by atoms with Crippen molar-refractivity contribution in [2.45, 2.75) is 13.8 Å². The Labute approximate surface area is 246 Å². The first-order valence-electron chi connectivity index (χ1n) is 12.9. The van der Waals surface area contributed by atoms with Gasteiger partial charge in [0, 0.05) is 59.7 Å². The number of aromatic nitrogens is 4. The van der Waals surface area contributed by atoms with E-state index >= 15 is 0 Å². The number of halogens is 2. The Morgan fingerprint density at radius 2 is 1.90 bits per heavy atom. The van der Waals surface area contributed by atoms with Crippen LogP contribution in [0.4, 0.5) is 23.0 Å². The molecule has 208 valence electrons. The molecule has 1 fully saturated rings. The number of morpholine rings is 1. The molecule has 4 aromatic rings. The zero-order valence-electron chi connectivity index (χ0n) is 22.2. The highest BCUT2D eigenvalue weighted by Crippen LogP contribution is 2.28. The van der Waals surface area contributed by atoms with E-state index in [9.17, 15) is 4.79 Å². The maximum Gasteiger partial charge on any atom is 0.255 e. The van der Waals surface area contributed by atoms with Gasteiger partial charge in [0.1, 0.15) is 18.0 Å². The molecule has 5 rings (SSSR count). The maximum atomic E-state index is 12.8. The SMILES string of the molecule is Cc1cc(Nc2cc(NC(=O)c3ccc(Cl)c(Br)c3)ccc2C)n(-c2cc(NCCN3CCOCC3)ncn2)n1. The van der Waals surface area contributed by atoms with E-state index in [2.05, 4.69) is 51.8 Å². The van der Waals surface area contributed by atoms with E-state index in [-0.39, 0.29) is 5.91 Å². The van der Waals surface area contributed by atoms with E-state index in [1.807, 2.05) is 44.2 Å². The molecule has 40 heavy (non-hydrogen) atoms. The van der Waals surface area contributed by atoms with Gasteiger partial charge in [0.2, 0.25) is 0 Å². The lowest BCUT2D eigenvalue weighted by Gasteiger charge is -2.26. The van der Waals surface area contributed by atoms with E-state index in [1.54, 1.807) is 22.9 Å². The molecule has 1 amide bonds. The predicted molar refractivity (Wildman–Crippen MR) is 161 cm³/mol. The maximum absolute atomic E-state index is 12.8. The lowest BCUT2D eigenvalue weighted by molar-refractivity contribution is 0.0398. The first-order chi connectivity index (χ1) is 19.4. The van der Waals surface area contributed by atoms with Gasteiger partial charge >= 0.3 is 0 Å². The van der Waals surface area contributed by atoms with Crippen molar-refractivity contribution >= 4 is 56.4 Å². The number of rotatable bonds is 9. The van der Waals surface area contributed by atoms with Crippen molar-refractivity contribution in [1.29, 1.82) is 0 Å². The highest BCUT2D eigenvalue weighted by Gasteiger charge is 2.14. The summed E-state index contributed by atoms with van der Waals surface area (Å²) in [6, 6.07) is 14.6. The number of hydrogen-bond acceptors (Lipinski definition) is 8. The van der Waals surface area contributed by atoms with E-state index in [4.69, 9.17) is 16.3 Å². The molecular weight excluding hydrogens is 596 g/mol. The third-order valence-corrected chi connectivity index (χ3v) is 7.69. The molecule has 1 saturated heterocycles. The Kier molecular flexibility index (Phi) is 8.95. The predicted octanol–water partition coefficient (Wildman–Crippen LogP) is 5.44. The first-order valence-corrected chi connectivity index (χ1v) is 14.1. The minimum Gasteiger partial charge on any atom is -0.379 e. The van der Waals surface area contributed by atoms with Crippen molar-refractivity contribution in [2.24, 2.45) is 0 Å². The van der Waals surface area contributed by atoms with Gasteiger partial charge in [-0.15, -0.1) is 0 Å². The van der Waals surface area contributed by atoms with Crippen LogP contribution in [0.5, 0.6) is 0 Å². The number of hydrogen-bond donors (Lipinski definition) is 3. The zero-order valence-corrected chi connectivity index (χ0v) is 24.6. The van der Waals surface area contributed by atoms with Crippen molar-refractivity contribution in [1.82, 2.24) is 24.6 Å². The Bertz CT molecular complexity index is 1510. The van der Waals surface area contributed by atoms with Gasteiger partial charge in [-0.25, -0.2) is 9.97 Å². The van der Waals surface area contributed by atoms with Crippen LogP contribution in [0.2, 0.25) is 5.02 Å². The second kappa shape index (κ2) is 12.8. The molecule has 0 spiro atoms. The second-order valence-corrected chi connectivity index (χ2v) is 10.7. The Balaban J connectivity index is 1.30. The molecular formula is C28H30BrClN8O2. The fourth-order valence-electron chi connectivity index (χ4n) is 4.30. The average molecular weight is 626 g/mol. The Hall–Kier alpha value is -3.51. The van der Waals surface area contributed by atoms with Gasteiger partial charge in [-0.2, -0.15) is 9.78 Å². The van der Waals surface area contributed by atoms with E-state index in [0.717, 1.165) is 68.0 Å². The number of benzene rings is 2. The number of amides is 1. The zero-order chi connectivity index (χ0) is 28.1. The summed E-state index contributed by atoms with van der Waals surface area (Å²) >= 11 is 9.44. The molecule has 2 aromatic heterocycles. The molecule has 0 aliphatic carbocycles. The summed E-state index contributed by atoms with van der Waals surface area (Å²) in [7, 11) is 0. The van der Waals surface area contributed by atoms with Gasteiger partial charge in [0.25, 0.3) is 5.91 Å². The summed E-state index contributed by atoms with van der Waals surface area (Å²) in [5, 5.41) is 15.0. The highest BCUT2D eigenvalue weighted by atomic mass is 79.9. The topological polar surface area (TPSA) is 109 Å². The molecule has 0 bridgehead atoms. The largest absolute Gasteiger partial charge is 0.379 e. The van der Waals surface area contributed by atoms with Gasteiger partial charge in [-0.05, 0) is 65.7 Å². The minimum atomic E-state index is -0.234. The number of carbonyl (C=O) groups is 1. The molecule has 0 saturated carbocycles. The van der Waals surface area contributed by atoms with Crippen molar-refractivity contribution in [2.75, 3.05) is 55.3 Å². The van der Waals surface area contributed by atoms with Crippen LogP contribution >= 0.6 is 27.5 Å². The van der Waals surface area contributed by atoms with Gasteiger partial charge in [-0.3, -0.25) is 9.69 Å². The summed E-state index contributed by atoms with van der Waals surface area (Å²) < 4.78 is 7.83. The van der Waals surface area contributed by atoms with Crippen molar-refractivity contribution in [3.05, 3.63) is 81.2 Å². The molecule has 10 nitrogen and oxygen atoms in total. The van der Waals surface area contributed by atoms with Gasteiger partial charge in [0.05, 0.1) is 23.9 Å². The van der Waals surface area contributed by atoms with Crippen molar-refractivity contribution in [3.8, 4) is 5.82 Å². The number of nitrogens with one attached hydrogen (secondary N) is 3. The molecule has 1 aliphatic rings.